The fraction of sp³-hybridized carbons (Fsp3) is 0.824. The van der Waals surface area contributed by atoms with Gasteiger partial charge >= 0.3 is 35.8 Å². The van der Waals surface area contributed by atoms with E-state index in [1.165, 1.54) is 0 Å². The number of carbonyl (C=O) groups is 6. The van der Waals surface area contributed by atoms with Crippen LogP contribution in [0.5, 0.6) is 0 Å². The van der Waals surface area contributed by atoms with Crippen molar-refractivity contribution in [2.75, 3.05) is 0 Å². The Morgan fingerprint density at radius 3 is 1.50 bits per heavy atom. The molecular formula is C34H59NO15. The van der Waals surface area contributed by atoms with Gasteiger partial charge < -0.3 is 51.0 Å². The molecule has 0 aromatic heterocycles. The van der Waals surface area contributed by atoms with Crippen LogP contribution in [0, 0.1) is 23.7 Å². The Hall–Kier alpha value is -3.34. The molecule has 0 saturated carbocycles. The molecule has 0 unspecified atom stereocenters. The van der Waals surface area contributed by atoms with Crippen molar-refractivity contribution in [3.8, 4) is 0 Å². The number of rotatable bonds is 29. The number of aliphatic carboxylic acids is 4. The summed E-state index contributed by atoms with van der Waals surface area (Å²) in [6.45, 7) is 7.06. The maximum atomic E-state index is 13.0. The van der Waals surface area contributed by atoms with Gasteiger partial charge in [0.15, 0.2) is 0 Å². The molecule has 0 aliphatic rings. The standard InChI is InChI=1S/C34H59NO15/c1-5-6-9-20(3)32(50-31(44)17-23(34(47)48)15-29(41)42)27(49-30(43)16-22(33(45)46)14-28(39)40)13-19(2)12-24(36)10-7-8-11-25(37)18-26(38)21(4)35/h19-27,32,36-38H,5-18,35H2,1-4H3,(H,39,40)(H,41,42)(H,45,46)(H,47,48)/t19-,20+,21-,22-,23-,24+,25+,26-,27-,32+/m0/s1. The topological polar surface area (TPSA) is 289 Å². The van der Waals surface area contributed by atoms with E-state index in [9.17, 15) is 54.3 Å². The zero-order valence-corrected chi connectivity index (χ0v) is 29.6. The Bertz CT molecular complexity index is 1070. The highest BCUT2D eigenvalue weighted by Crippen LogP contribution is 2.29. The van der Waals surface area contributed by atoms with Crippen molar-refractivity contribution in [2.45, 2.75) is 154 Å². The summed E-state index contributed by atoms with van der Waals surface area (Å²) < 4.78 is 11.4. The molecule has 0 fully saturated rings. The minimum Gasteiger partial charge on any atom is -0.481 e. The van der Waals surface area contributed by atoms with Gasteiger partial charge in [-0.05, 0) is 50.9 Å². The predicted molar refractivity (Wildman–Crippen MR) is 178 cm³/mol. The summed E-state index contributed by atoms with van der Waals surface area (Å²) in [4.78, 5) is 71.6. The van der Waals surface area contributed by atoms with Crippen molar-refractivity contribution in [3.05, 3.63) is 0 Å². The van der Waals surface area contributed by atoms with Gasteiger partial charge in [0.05, 0.1) is 55.8 Å². The highest BCUT2D eigenvalue weighted by Gasteiger charge is 2.37. The third-order valence-corrected chi connectivity index (χ3v) is 8.61. The van der Waals surface area contributed by atoms with Crippen LogP contribution in [0.15, 0.2) is 0 Å². The summed E-state index contributed by atoms with van der Waals surface area (Å²) in [6, 6.07) is -0.476. The fourth-order valence-corrected chi connectivity index (χ4v) is 5.68. The molecule has 9 N–H and O–H groups in total. The summed E-state index contributed by atoms with van der Waals surface area (Å²) in [5.41, 5.74) is 5.63. The maximum Gasteiger partial charge on any atom is 0.307 e. The lowest BCUT2D eigenvalue weighted by Crippen LogP contribution is -2.42. The highest BCUT2D eigenvalue weighted by atomic mass is 16.6. The van der Waals surface area contributed by atoms with E-state index < -0.39 is 116 Å². The lowest BCUT2D eigenvalue weighted by atomic mass is 9.87. The Morgan fingerprint density at radius 1 is 0.620 bits per heavy atom. The average Bonchev–Trinajstić information content (AvgIpc) is 2.99. The molecule has 0 heterocycles. The van der Waals surface area contributed by atoms with E-state index in [4.69, 9.17) is 25.4 Å². The van der Waals surface area contributed by atoms with E-state index in [2.05, 4.69) is 0 Å². The first-order valence-corrected chi connectivity index (χ1v) is 17.3. The summed E-state index contributed by atoms with van der Waals surface area (Å²) in [7, 11) is 0. The van der Waals surface area contributed by atoms with Gasteiger partial charge in [-0.25, -0.2) is 0 Å². The van der Waals surface area contributed by atoms with Gasteiger partial charge in [-0.3, -0.25) is 28.8 Å². The first-order chi connectivity index (χ1) is 23.3. The third kappa shape index (κ3) is 21.0. The van der Waals surface area contributed by atoms with Crippen molar-refractivity contribution in [2.24, 2.45) is 29.4 Å². The zero-order valence-electron chi connectivity index (χ0n) is 29.6. The predicted octanol–water partition coefficient (Wildman–Crippen LogP) is 2.56. The van der Waals surface area contributed by atoms with Crippen LogP contribution >= 0.6 is 0 Å². The number of carboxylic acids is 4. The van der Waals surface area contributed by atoms with E-state index in [1.807, 2.05) is 6.92 Å². The number of ether oxygens (including phenoxy) is 2. The largest absolute Gasteiger partial charge is 0.481 e. The number of carboxylic acid groups (broad SMARTS) is 4. The van der Waals surface area contributed by atoms with Crippen molar-refractivity contribution in [1.29, 1.82) is 0 Å². The van der Waals surface area contributed by atoms with Crippen LogP contribution in [0.25, 0.3) is 0 Å². The Labute approximate surface area is 293 Å². The summed E-state index contributed by atoms with van der Waals surface area (Å²) in [5.74, 6) is -12.0. The van der Waals surface area contributed by atoms with Gasteiger partial charge in [0, 0.05) is 12.5 Å². The van der Waals surface area contributed by atoms with Crippen LogP contribution in [0.1, 0.15) is 118 Å². The van der Waals surface area contributed by atoms with E-state index in [0.717, 1.165) is 6.42 Å². The van der Waals surface area contributed by atoms with Crippen LogP contribution in [-0.2, 0) is 38.2 Å². The van der Waals surface area contributed by atoms with Crippen LogP contribution in [0.3, 0.4) is 0 Å². The van der Waals surface area contributed by atoms with Crippen molar-refractivity contribution in [3.63, 3.8) is 0 Å². The molecule has 0 rings (SSSR count). The highest BCUT2D eigenvalue weighted by molar-refractivity contribution is 5.83. The summed E-state index contributed by atoms with van der Waals surface area (Å²) in [6.07, 6.45) is -3.74. The zero-order chi connectivity index (χ0) is 38.6. The number of hydrogen-bond acceptors (Lipinski definition) is 12. The van der Waals surface area contributed by atoms with Crippen LogP contribution in [0.4, 0.5) is 0 Å². The first-order valence-electron chi connectivity index (χ1n) is 17.3. The molecule has 0 aliphatic carbocycles. The van der Waals surface area contributed by atoms with Gasteiger partial charge in [-0.1, -0.05) is 46.5 Å². The van der Waals surface area contributed by atoms with Gasteiger partial charge in [0.1, 0.15) is 12.2 Å². The van der Waals surface area contributed by atoms with E-state index in [1.54, 1.807) is 20.8 Å². The lowest BCUT2D eigenvalue weighted by Gasteiger charge is -2.33. The molecule has 16 nitrogen and oxygen atoms in total. The molecule has 0 spiro atoms. The van der Waals surface area contributed by atoms with Crippen LogP contribution < -0.4 is 5.73 Å². The Kier molecular flexibility index (Phi) is 23.1. The average molecular weight is 722 g/mol. The van der Waals surface area contributed by atoms with Crippen LogP contribution in [-0.4, -0.2) is 108 Å². The molecule has 0 radical (unpaired) electrons. The maximum absolute atomic E-state index is 13.0. The SMILES string of the molecule is CCCC[C@@H](C)[C@@H](OC(=O)C[C@H](CC(=O)O)C(=O)O)[C@H](C[C@@H](C)C[C@H](O)CCCC[C@@H](O)C[C@H](O)[C@H](C)N)OC(=O)C[C@H](CC(=O)O)C(=O)O. The monoisotopic (exact) mass is 721 g/mol. The smallest absolute Gasteiger partial charge is 0.307 e. The second-order valence-corrected chi connectivity index (χ2v) is 13.6. The van der Waals surface area contributed by atoms with Crippen molar-refractivity contribution >= 4 is 35.8 Å². The van der Waals surface area contributed by atoms with Gasteiger partial charge in [-0.15, -0.1) is 0 Å². The number of aliphatic hydroxyl groups excluding tert-OH is 3. The molecule has 0 aliphatic heterocycles. The minimum absolute atomic E-state index is 0.0270. The molecule has 0 bridgehead atoms. The second kappa shape index (κ2) is 24.7. The number of esters is 2. The number of carbonyl (C=O) groups excluding carboxylic acids is 2. The lowest BCUT2D eigenvalue weighted by molar-refractivity contribution is -0.177. The summed E-state index contributed by atoms with van der Waals surface area (Å²) >= 11 is 0. The summed E-state index contributed by atoms with van der Waals surface area (Å²) in [5, 5.41) is 67.8. The van der Waals surface area contributed by atoms with Crippen molar-refractivity contribution < 1.29 is 74.0 Å². The van der Waals surface area contributed by atoms with Gasteiger partial charge in [0.2, 0.25) is 0 Å². The molecule has 290 valence electrons. The van der Waals surface area contributed by atoms with E-state index in [0.29, 0.717) is 38.5 Å². The van der Waals surface area contributed by atoms with E-state index >= 15 is 0 Å². The molecule has 0 saturated heterocycles. The molecule has 0 aromatic rings. The number of nitrogens with two attached hydrogens (primary N) is 1. The molecular weight excluding hydrogens is 662 g/mol. The number of hydrogen-bond donors (Lipinski definition) is 8. The molecule has 0 aromatic carbocycles. The Balaban J connectivity index is 5.98. The third-order valence-electron chi connectivity index (χ3n) is 8.61. The molecule has 50 heavy (non-hydrogen) atoms. The quantitative estimate of drug-likeness (QED) is 0.0407. The molecule has 16 heteroatoms. The van der Waals surface area contributed by atoms with Gasteiger partial charge in [0.25, 0.3) is 0 Å². The van der Waals surface area contributed by atoms with Crippen molar-refractivity contribution in [1.82, 2.24) is 0 Å². The molecule has 10 atom stereocenters. The Morgan fingerprint density at radius 2 is 1.08 bits per heavy atom. The fourth-order valence-electron chi connectivity index (χ4n) is 5.68. The molecule has 0 amide bonds. The van der Waals surface area contributed by atoms with Crippen LogP contribution in [0.2, 0.25) is 0 Å². The normalized spacial score (nSPS) is 17.5. The van der Waals surface area contributed by atoms with E-state index in [-0.39, 0.29) is 25.2 Å². The number of aliphatic hydroxyl groups is 3. The number of unbranched alkanes of at least 4 members (excludes halogenated alkanes) is 2. The first kappa shape index (κ1) is 46.7. The van der Waals surface area contributed by atoms with Gasteiger partial charge in [-0.2, -0.15) is 0 Å². The second-order valence-electron chi connectivity index (χ2n) is 13.6. The minimum atomic E-state index is -1.59.